The zero-order chi connectivity index (χ0) is 21.7. The molecule has 3 rings (SSSR count). The molecular formula is C22H17BrN2O5. The predicted octanol–water partition coefficient (Wildman–Crippen LogP) is 5.20. The largest absolute Gasteiger partial charge is 0.444 e. The summed E-state index contributed by atoms with van der Waals surface area (Å²) in [5.41, 5.74) is 1.15. The van der Waals surface area contributed by atoms with Crippen LogP contribution >= 0.6 is 15.9 Å². The summed E-state index contributed by atoms with van der Waals surface area (Å²) in [6.45, 7) is 1.71. The maximum absolute atomic E-state index is 13.0. The van der Waals surface area contributed by atoms with Crippen molar-refractivity contribution < 1.29 is 19.2 Å². The number of aryl methyl sites for hydroxylation is 1. The SMILES string of the molecule is Cc1ccc(NC(=O)C(OC(=O)c2ccccc2Br)c2ccccc2)c([N+](=O)[O-])c1. The summed E-state index contributed by atoms with van der Waals surface area (Å²) >= 11 is 3.29. The minimum atomic E-state index is -1.30. The average molecular weight is 469 g/mol. The van der Waals surface area contributed by atoms with E-state index in [-0.39, 0.29) is 16.9 Å². The molecule has 3 aromatic rings. The topological polar surface area (TPSA) is 98.5 Å². The summed E-state index contributed by atoms with van der Waals surface area (Å²) in [6, 6.07) is 19.6. The Hall–Kier alpha value is -3.52. The van der Waals surface area contributed by atoms with Crippen LogP contribution in [0.1, 0.15) is 27.6 Å². The minimum absolute atomic E-state index is 0.0217. The molecule has 1 amide bonds. The molecule has 0 aliphatic rings. The number of ether oxygens (including phenoxy) is 1. The van der Waals surface area contributed by atoms with E-state index >= 15 is 0 Å². The monoisotopic (exact) mass is 468 g/mol. The van der Waals surface area contributed by atoms with Gasteiger partial charge in [-0.15, -0.1) is 0 Å². The van der Waals surface area contributed by atoms with E-state index in [0.29, 0.717) is 15.6 Å². The van der Waals surface area contributed by atoms with Crippen LogP contribution in [0.25, 0.3) is 0 Å². The highest BCUT2D eigenvalue weighted by molar-refractivity contribution is 9.10. The maximum Gasteiger partial charge on any atom is 0.340 e. The molecule has 3 aromatic carbocycles. The van der Waals surface area contributed by atoms with Gasteiger partial charge in [-0.2, -0.15) is 0 Å². The van der Waals surface area contributed by atoms with Crippen molar-refractivity contribution in [1.29, 1.82) is 0 Å². The van der Waals surface area contributed by atoms with Crippen LogP contribution in [0.15, 0.2) is 77.3 Å². The van der Waals surface area contributed by atoms with Crippen molar-refractivity contribution in [3.05, 3.63) is 104 Å². The van der Waals surface area contributed by atoms with E-state index in [9.17, 15) is 19.7 Å². The maximum atomic E-state index is 13.0. The summed E-state index contributed by atoms with van der Waals surface area (Å²) in [6.07, 6.45) is -1.30. The number of hydrogen-bond acceptors (Lipinski definition) is 5. The first-order valence-corrected chi connectivity index (χ1v) is 9.72. The van der Waals surface area contributed by atoms with Crippen molar-refractivity contribution in [1.82, 2.24) is 0 Å². The third-order valence-corrected chi connectivity index (χ3v) is 4.96. The number of carbonyl (C=O) groups is 2. The highest BCUT2D eigenvalue weighted by Crippen LogP contribution is 2.28. The van der Waals surface area contributed by atoms with E-state index in [1.165, 1.54) is 12.1 Å². The molecule has 0 saturated carbocycles. The van der Waals surface area contributed by atoms with E-state index in [1.54, 1.807) is 67.6 Å². The summed E-state index contributed by atoms with van der Waals surface area (Å²) in [7, 11) is 0. The van der Waals surface area contributed by atoms with Crippen molar-refractivity contribution in [2.24, 2.45) is 0 Å². The molecule has 1 unspecified atom stereocenters. The molecule has 0 aliphatic heterocycles. The van der Waals surface area contributed by atoms with Crippen LogP contribution < -0.4 is 5.32 Å². The Balaban J connectivity index is 1.92. The first kappa shape index (κ1) is 21.2. The average Bonchev–Trinajstić information content (AvgIpc) is 2.73. The molecule has 0 aliphatic carbocycles. The van der Waals surface area contributed by atoms with Gasteiger partial charge in [0, 0.05) is 16.1 Å². The Morgan fingerprint density at radius 2 is 1.70 bits per heavy atom. The van der Waals surface area contributed by atoms with Gasteiger partial charge in [-0.05, 0) is 46.6 Å². The van der Waals surface area contributed by atoms with Crippen molar-refractivity contribution >= 4 is 39.2 Å². The van der Waals surface area contributed by atoms with Crippen LogP contribution in [0.3, 0.4) is 0 Å². The Kier molecular flexibility index (Phi) is 6.58. The second-order valence-electron chi connectivity index (χ2n) is 6.44. The number of nitro groups is 1. The predicted molar refractivity (Wildman–Crippen MR) is 115 cm³/mol. The molecule has 0 saturated heterocycles. The number of esters is 1. The first-order chi connectivity index (χ1) is 14.4. The van der Waals surface area contributed by atoms with Gasteiger partial charge in [0.25, 0.3) is 11.6 Å². The fraction of sp³-hybridized carbons (Fsp3) is 0.0909. The van der Waals surface area contributed by atoms with Crippen LogP contribution in [0, 0.1) is 17.0 Å². The Labute approximate surface area is 181 Å². The molecule has 1 N–H and O–H groups in total. The third-order valence-electron chi connectivity index (χ3n) is 4.27. The van der Waals surface area contributed by atoms with E-state index in [4.69, 9.17) is 4.74 Å². The number of halogens is 1. The van der Waals surface area contributed by atoms with Gasteiger partial charge in [0.15, 0.2) is 0 Å². The van der Waals surface area contributed by atoms with Gasteiger partial charge in [0.05, 0.1) is 10.5 Å². The second-order valence-corrected chi connectivity index (χ2v) is 7.30. The molecule has 0 bridgehead atoms. The number of nitrogens with zero attached hydrogens (tertiary/aromatic N) is 1. The molecule has 0 spiro atoms. The van der Waals surface area contributed by atoms with Crippen LogP contribution in [0.4, 0.5) is 11.4 Å². The second kappa shape index (κ2) is 9.32. The third kappa shape index (κ3) is 4.90. The quantitative estimate of drug-likeness (QED) is 0.304. The minimum Gasteiger partial charge on any atom is -0.444 e. The molecule has 152 valence electrons. The Morgan fingerprint density at radius 1 is 1.03 bits per heavy atom. The van der Waals surface area contributed by atoms with Crippen LogP contribution in [0.5, 0.6) is 0 Å². The molecule has 7 nitrogen and oxygen atoms in total. The van der Waals surface area contributed by atoms with Crippen molar-refractivity contribution in [2.45, 2.75) is 13.0 Å². The molecule has 1 atom stereocenters. The number of carbonyl (C=O) groups excluding carboxylic acids is 2. The molecular weight excluding hydrogens is 452 g/mol. The Morgan fingerprint density at radius 3 is 2.37 bits per heavy atom. The summed E-state index contributed by atoms with van der Waals surface area (Å²) in [5.74, 6) is -1.40. The lowest BCUT2D eigenvalue weighted by atomic mass is 10.1. The van der Waals surface area contributed by atoms with E-state index in [2.05, 4.69) is 21.2 Å². The first-order valence-electron chi connectivity index (χ1n) is 8.93. The van der Waals surface area contributed by atoms with Crippen molar-refractivity contribution in [3.63, 3.8) is 0 Å². The van der Waals surface area contributed by atoms with Crippen LogP contribution in [-0.4, -0.2) is 16.8 Å². The number of hydrogen-bond donors (Lipinski definition) is 1. The standard InChI is InChI=1S/C22H17BrN2O5/c1-14-11-12-18(19(13-14)25(28)29)24-21(26)20(15-7-3-2-4-8-15)30-22(27)16-9-5-6-10-17(16)23/h2-13,20H,1H3,(H,24,26). The van der Waals surface area contributed by atoms with Gasteiger partial charge in [-0.25, -0.2) is 4.79 Å². The van der Waals surface area contributed by atoms with Gasteiger partial charge in [0.1, 0.15) is 5.69 Å². The van der Waals surface area contributed by atoms with E-state index in [1.807, 2.05) is 0 Å². The Bertz CT molecular complexity index is 1100. The van der Waals surface area contributed by atoms with Gasteiger partial charge < -0.3 is 10.1 Å². The molecule has 0 heterocycles. The number of benzene rings is 3. The lowest BCUT2D eigenvalue weighted by Crippen LogP contribution is -2.26. The highest BCUT2D eigenvalue weighted by Gasteiger charge is 2.28. The normalized spacial score (nSPS) is 11.4. The molecule has 0 radical (unpaired) electrons. The lowest BCUT2D eigenvalue weighted by Gasteiger charge is -2.18. The fourth-order valence-electron chi connectivity index (χ4n) is 2.79. The smallest absolute Gasteiger partial charge is 0.340 e. The van der Waals surface area contributed by atoms with Crippen LogP contribution in [-0.2, 0) is 9.53 Å². The number of nitrogens with one attached hydrogen (secondary N) is 1. The van der Waals surface area contributed by atoms with E-state index < -0.39 is 22.9 Å². The van der Waals surface area contributed by atoms with Gasteiger partial charge in [-0.3, -0.25) is 14.9 Å². The van der Waals surface area contributed by atoms with Crippen molar-refractivity contribution in [2.75, 3.05) is 5.32 Å². The molecule has 0 aromatic heterocycles. The number of amides is 1. The zero-order valence-electron chi connectivity index (χ0n) is 15.9. The number of rotatable bonds is 6. The molecule has 0 fully saturated rings. The molecule has 30 heavy (non-hydrogen) atoms. The van der Waals surface area contributed by atoms with Crippen molar-refractivity contribution in [3.8, 4) is 0 Å². The summed E-state index contributed by atoms with van der Waals surface area (Å²) < 4.78 is 6.04. The highest BCUT2D eigenvalue weighted by atomic mass is 79.9. The summed E-state index contributed by atoms with van der Waals surface area (Å²) in [5, 5.41) is 13.9. The van der Waals surface area contributed by atoms with Gasteiger partial charge in [0.2, 0.25) is 6.10 Å². The number of nitro benzene ring substituents is 1. The zero-order valence-corrected chi connectivity index (χ0v) is 17.5. The summed E-state index contributed by atoms with van der Waals surface area (Å²) in [4.78, 5) is 36.5. The van der Waals surface area contributed by atoms with Gasteiger partial charge >= 0.3 is 5.97 Å². The lowest BCUT2D eigenvalue weighted by molar-refractivity contribution is -0.384. The van der Waals surface area contributed by atoms with Crippen LogP contribution in [0.2, 0.25) is 0 Å². The fourth-order valence-corrected chi connectivity index (χ4v) is 3.24. The molecule has 8 heteroatoms. The number of anilines is 1. The van der Waals surface area contributed by atoms with E-state index in [0.717, 1.165) is 0 Å². The van der Waals surface area contributed by atoms with Gasteiger partial charge in [-0.1, -0.05) is 48.5 Å².